The first-order valence-electron chi connectivity index (χ1n) is 6.54. The Hall–Kier alpha value is -1.16. The Morgan fingerprint density at radius 1 is 1.21 bits per heavy atom. The van der Waals surface area contributed by atoms with Crippen molar-refractivity contribution in [1.29, 1.82) is 0 Å². The molecule has 2 nitrogen and oxygen atoms in total. The number of nitrogens with one attached hydrogen (secondary N) is 1. The molecular weight excluding hydrogens is 248 g/mol. The number of ether oxygens (including phenoxy) is 1. The van der Waals surface area contributed by atoms with Gasteiger partial charge < -0.3 is 10.1 Å². The quantitative estimate of drug-likeness (QED) is 0.829. The average molecular weight is 271 g/mol. The lowest BCUT2D eigenvalue weighted by molar-refractivity contribution is -0.0507. The van der Waals surface area contributed by atoms with Crippen LogP contribution < -0.4 is 10.1 Å². The summed E-state index contributed by atoms with van der Waals surface area (Å²) in [5.41, 5.74) is 1.00. The Bertz CT molecular complexity index is 388. The van der Waals surface area contributed by atoms with Crippen LogP contribution in [0.2, 0.25) is 0 Å². The molecule has 0 aliphatic rings. The van der Waals surface area contributed by atoms with E-state index in [1.807, 2.05) is 19.2 Å². The molecule has 0 radical (unpaired) electrons. The standard InChI is InChI=1S/C15H23F2NO/c1-15(2,3)10-9-12(18-4)11-7-5-6-8-13(11)19-14(16)17/h5-8,12,14,18H,9-10H2,1-4H3. The molecule has 0 spiro atoms. The van der Waals surface area contributed by atoms with Crippen LogP contribution in [-0.4, -0.2) is 13.7 Å². The van der Waals surface area contributed by atoms with Gasteiger partial charge >= 0.3 is 6.61 Å². The molecule has 1 atom stereocenters. The van der Waals surface area contributed by atoms with Crippen molar-refractivity contribution < 1.29 is 13.5 Å². The Morgan fingerprint density at radius 3 is 2.37 bits per heavy atom. The van der Waals surface area contributed by atoms with E-state index in [2.05, 4.69) is 30.8 Å². The second kappa shape index (κ2) is 6.85. The van der Waals surface area contributed by atoms with Crippen LogP contribution >= 0.6 is 0 Å². The molecule has 19 heavy (non-hydrogen) atoms. The van der Waals surface area contributed by atoms with Gasteiger partial charge in [-0.3, -0.25) is 0 Å². The van der Waals surface area contributed by atoms with Crippen LogP contribution in [0.5, 0.6) is 5.75 Å². The minimum atomic E-state index is -2.79. The average Bonchev–Trinajstić information content (AvgIpc) is 2.29. The minimum Gasteiger partial charge on any atom is -0.434 e. The van der Waals surface area contributed by atoms with Crippen LogP contribution in [0.4, 0.5) is 8.78 Å². The molecule has 0 heterocycles. The van der Waals surface area contributed by atoms with Crippen LogP contribution in [0.1, 0.15) is 45.2 Å². The molecule has 0 fully saturated rings. The van der Waals surface area contributed by atoms with Crippen LogP contribution in [0.15, 0.2) is 24.3 Å². The number of halogens is 2. The molecule has 0 aliphatic heterocycles. The van der Waals surface area contributed by atoms with Crippen molar-refractivity contribution in [2.45, 2.75) is 46.3 Å². The summed E-state index contributed by atoms with van der Waals surface area (Å²) in [6.45, 7) is 3.71. The van der Waals surface area contributed by atoms with Crippen molar-refractivity contribution in [3.05, 3.63) is 29.8 Å². The van der Waals surface area contributed by atoms with Crippen molar-refractivity contribution in [3.8, 4) is 5.75 Å². The summed E-state index contributed by atoms with van der Waals surface area (Å²) in [4.78, 5) is 0. The highest BCUT2D eigenvalue weighted by molar-refractivity contribution is 5.36. The van der Waals surface area contributed by atoms with Crippen LogP contribution in [0.25, 0.3) is 0 Å². The molecule has 0 saturated carbocycles. The van der Waals surface area contributed by atoms with Gasteiger partial charge in [0.25, 0.3) is 0 Å². The van der Waals surface area contributed by atoms with Gasteiger partial charge in [0.15, 0.2) is 0 Å². The van der Waals surface area contributed by atoms with E-state index < -0.39 is 6.61 Å². The van der Waals surface area contributed by atoms with Gasteiger partial charge in [-0.25, -0.2) is 0 Å². The van der Waals surface area contributed by atoms with E-state index in [0.29, 0.717) is 0 Å². The predicted octanol–water partition coefficient (Wildman–Crippen LogP) is 4.37. The van der Waals surface area contributed by atoms with Crippen molar-refractivity contribution in [2.24, 2.45) is 5.41 Å². The summed E-state index contributed by atoms with van der Waals surface area (Å²) in [5, 5.41) is 3.18. The van der Waals surface area contributed by atoms with Gasteiger partial charge in [0, 0.05) is 11.6 Å². The highest BCUT2D eigenvalue weighted by Gasteiger charge is 2.19. The molecule has 0 aliphatic carbocycles. The molecule has 0 saturated heterocycles. The minimum absolute atomic E-state index is 0.0224. The number of para-hydroxylation sites is 1. The van der Waals surface area contributed by atoms with Crippen molar-refractivity contribution in [2.75, 3.05) is 7.05 Å². The summed E-state index contributed by atoms with van der Waals surface area (Å²) >= 11 is 0. The fourth-order valence-corrected chi connectivity index (χ4v) is 2.00. The van der Waals surface area contributed by atoms with Crippen molar-refractivity contribution >= 4 is 0 Å². The fraction of sp³-hybridized carbons (Fsp3) is 0.600. The first kappa shape index (κ1) is 15.9. The molecule has 1 rings (SSSR count). The van der Waals surface area contributed by atoms with E-state index >= 15 is 0 Å². The Labute approximate surface area is 114 Å². The van der Waals surface area contributed by atoms with E-state index in [-0.39, 0.29) is 17.2 Å². The van der Waals surface area contributed by atoms with Crippen LogP contribution in [-0.2, 0) is 0 Å². The number of alkyl halides is 2. The Balaban J connectivity index is 2.85. The molecule has 1 unspecified atom stereocenters. The fourth-order valence-electron chi connectivity index (χ4n) is 2.00. The topological polar surface area (TPSA) is 21.3 Å². The first-order chi connectivity index (χ1) is 8.83. The molecule has 0 bridgehead atoms. The smallest absolute Gasteiger partial charge is 0.387 e. The van der Waals surface area contributed by atoms with Gasteiger partial charge in [-0.15, -0.1) is 0 Å². The molecule has 1 N–H and O–H groups in total. The number of benzene rings is 1. The maximum atomic E-state index is 12.4. The van der Waals surface area contributed by atoms with E-state index in [1.165, 1.54) is 0 Å². The molecule has 1 aromatic rings. The molecule has 108 valence electrons. The summed E-state index contributed by atoms with van der Waals surface area (Å²) in [6.07, 6.45) is 1.88. The molecular formula is C15H23F2NO. The highest BCUT2D eigenvalue weighted by atomic mass is 19.3. The molecule has 0 aromatic heterocycles. The Morgan fingerprint density at radius 2 is 1.84 bits per heavy atom. The zero-order valence-corrected chi connectivity index (χ0v) is 12.0. The van der Waals surface area contributed by atoms with Gasteiger partial charge in [0.05, 0.1) is 0 Å². The lowest BCUT2D eigenvalue weighted by Gasteiger charge is -2.24. The van der Waals surface area contributed by atoms with E-state index in [4.69, 9.17) is 0 Å². The van der Waals surface area contributed by atoms with Gasteiger partial charge in [-0.2, -0.15) is 8.78 Å². The predicted molar refractivity (Wildman–Crippen MR) is 73.6 cm³/mol. The normalized spacial score (nSPS) is 13.6. The third kappa shape index (κ3) is 5.55. The second-order valence-corrected chi connectivity index (χ2v) is 5.86. The van der Waals surface area contributed by atoms with Crippen molar-refractivity contribution in [3.63, 3.8) is 0 Å². The van der Waals surface area contributed by atoms with Gasteiger partial charge in [-0.1, -0.05) is 39.0 Å². The van der Waals surface area contributed by atoms with E-state index in [9.17, 15) is 8.78 Å². The third-order valence-corrected chi connectivity index (χ3v) is 3.04. The van der Waals surface area contributed by atoms with Crippen LogP contribution in [0, 0.1) is 5.41 Å². The summed E-state index contributed by atoms with van der Waals surface area (Å²) in [6, 6.07) is 6.99. The van der Waals surface area contributed by atoms with Gasteiger partial charge in [0.1, 0.15) is 5.75 Å². The van der Waals surface area contributed by atoms with E-state index in [1.54, 1.807) is 12.1 Å². The summed E-state index contributed by atoms with van der Waals surface area (Å²) < 4.78 is 29.4. The highest BCUT2D eigenvalue weighted by Crippen LogP contribution is 2.32. The van der Waals surface area contributed by atoms with Crippen molar-refractivity contribution in [1.82, 2.24) is 5.32 Å². The lowest BCUT2D eigenvalue weighted by atomic mass is 9.87. The zero-order valence-electron chi connectivity index (χ0n) is 12.0. The molecule has 4 heteroatoms. The lowest BCUT2D eigenvalue weighted by Crippen LogP contribution is -2.20. The first-order valence-corrected chi connectivity index (χ1v) is 6.54. The molecule has 1 aromatic carbocycles. The Kier molecular flexibility index (Phi) is 5.73. The SMILES string of the molecule is CNC(CCC(C)(C)C)c1ccccc1OC(F)F. The van der Waals surface area contributed by atoms with E-state index in [0.717, 1.165) is 18.4 Å². The number of hydrogen-bond acceptors (Lipinski definition) is 2. The second-order valence-electron chi connectivity index (χ2n) is 5.86. The maximum absolute atomic E-state index is 12.4. The van der Waals surface area contributed by atoms with Crippen LogP contribution in [0.3, 0.4) is 0 Å². The van der Waals surface area contributed by atoms with Gasteiger partial charge in [0.2, 0.25) is 0 Å². The largest absolute Gasteiger partial charge is 0.434 e. The molecule has 0 amide bonds. The number of hydrogen-bond donors (Lipinski definition) is 1. The third-order valence-electron chi connectivity index (χ3n) is 3.04. The van der Waals surface area contributed by atoms with Gasteiger partial charge in [-0.05, 0) is 31.4 Å². The summed E-state index contributed by atoms with van der Waals surface area (Å²) in [7, 11) is 1.84. The summed E-state index contributed by atoms with van der Waals surface area (Å²) in [5.74, 6) is 0.255. The zero-order chi connectivity index (χ0) is 14.5. The number of rotatable bonds is 6. The monoisotopic (exact) mass is 271 g/mol. The maximum Gasteiger partial charge on any atom is 0.387 e.